The van der Waals surface area contributed by atoms with Gasteiger partial charge in [-0.15, -0.1) is 0 Å². The molecule has 0 spiro atoms. The van der Waals surface area contributed by atoms with Crippen molar-refractivity contribution >= 4 is 34.8 Å². The van der Waals surface area contributed by atoms with Crippen molar-refractivity contribution in [3.63, 3.8) is 0 Å². The lowest BCUT2D eigenvalue weighted by molar-refractivity contribution is 0.415. The van der Waals surface area contributed by atoms with Gasteiger partial charge in [0.2, 0.25) is 5.95 Å². The second-order valence-corrected chi connectivity index (χ2v) is 6.34. The molecule has 1 aliphatic rings. The minimum Gasteiger partial charge on any atom is -0.497 e. The minimum absolute atomic E-state index is 0.206. The summed E-state index contributed by atoms with van der Waals surface area (Å²) in [7, 11) is 1.65. The molecule has 0 radical (unpaired) electrons. The zero-order chi connectivity index (χ0) is 17.4. The van der Waals surface area contributed by atoms with Crippen LogP contribution in [0.5, 0.6) is 5.75 Å². The van der Waals surface area contributed by atoms with Gasteiger partial charge in [0.05, 0.1) is 17.2 Å². The number of benzene rings is 2. The molecule has 1 atom stereocenters. The van der Waals surface area contributed by atoms with Crippen LogP contribution in [0.15, 0.2) is 54.9 Å². The number of hydrogen-bond acceptors (Lipinski definition) is 4. The Kier molecular flexibility index (Phi) is 4.11. The molecule has 2 heterocycles. The van der Waals surface area contributed by atoms with Gasteiger partial charge in [-0.2, -0.15) is 10.1 Å². The Bertz CT molecular complexity index is 950. The number of rotatable bonds is 3. The molecule has 4 rings (SSSR count). The average molecular weight is 373 g/mol. The zero-order valence-corrected chi connectivity index (χ0v) is 14.8. The van der Waals surface area contributed by atoms with Crippen molar-refractivity contribution in [2.24, 2.45) is 0 Å². The first-order valence-electron chi connectivity index (χ1n) is 7.64. The largest absolute Gasteiger partial charge is 0.497 e. The molecule has 0 amide bonds. The fourth-order valence-corrected chi connectivity index (χ4v) is 3.26. The van der Waals surface area contributed by atoms with Crippen molar-refractivity contribution in [2.45, 2.75) is 6.04 Å². The molecule has 0 aliphatic carbocycles. The highest BCUT2D eigenvalue weighted by Gasteiger charge is 2.25. The van der Waals surface area contributed by atoms with E-state index in [1.54, 1.807) is 17.9 Å². The maximum absolute atomic E-state index is 6.43. The van der Waals surface area contributed by atoms with Crippen molar-refractivity contribution in [1.82, 2.24) is 14.8 Å². The molecule has 126 valence electrons. The van der Waals surface area contributed by atoms with Crippen molar-refractivity contribution < 1.29 is 4.74 Å². The Morgan fingerprint density at radius 2 is 1.92 bits per heavy atom. The van der Waals surface area contributed by atoms with Gasteiger partial charge in [0.15, 0.2) is 0 Å². The predicted octanol–water partition coefficient (Wildman–Crippen LogP) is 4.65. The first-order chi connectivity index (χ1) is 12.2. The smallest absolute Gasteiger partial charge is 0.226 e. The van der Waals surface area contributed by atoms with Gasteiger partial charge in [0.25, 0.3) is 0 Å². The summed E-state index contributed by atoms with van der Waals surface area (Å²) in [4.78, 5) is 4.29. The van der Waals surface area contributed by atoms with Gasteiger partial charge in [-0.1, -0.05) is 35.3 Å². The molecular weight excluding hydrogens is 359 g/mol. The van der Waals surface area contributed by atoms with Crippen LogP contribution in [0.1, 0.15) is 17.2 Å². The molecule has 1 N–H and O–H groups in total. The third kappa shape index (κ3) is 2.86. The van der Waals surface area contributed by atoms with Crippen LogP contribution in [0.25, 0.3) is 5.70 Å². The highest BCUT2D eigenvalue weighted by molar-refractivity contribution is 6.42. The van der Waals surface area contributed by atoms with E-state index >= 15 is 0 Å². The van der Waals surface area contributed by atoms with Crippen molar-refractivity contribution in [1.29, 1.82) is 0 Å². The summed E-state index contributed by atoms with van der Waals surface area (Å²) in [6.07, 6.45) is 3.57. The van der Waals surface area contributed by atoms with Crippen molar-refractivity contribution in [3.8, 4) is 5.75 Å². The first-order valence-corrected chi connectivity index (χ1v) is 8.39. The maximum Gasteiger partial charge on any atom is 0.226 e. The summed E-state index contributed by atoms with van der Waals surface area (Å²) >= 11 is 12.6. The summed E-state index contributed by atoms with van der Waals surface area (Å²) in [5.41, 5.74) is 2.80. The number of methoxy groups -OCH3 is 1. The van der Waals surface area contributed by atoms with Gasteiger partial charge in [0, 0.05) is 11.3 Å². The Labute approximate surface area is 154 Å². The topological polar surface area (TPSA) is 52.0 Å². The van der Waals surface area contributed by atoms with E-state index in [0.29, 0.717) is 16.0 Å². The van der Waals surface area contributed by atoms with E-state index in [0.717, 1.165) is 22.6 Å². The number of halogens is 2. The number of fused-ring (bicyclic) bond motifs is 1. The summed E-state index contributed by atoms with van der Waals surface area (Å²) in [6.45, 7) is 0. The monoisotopic (exact) mass is 372 g/mol. The summed E-state index contributed by atoms with van der Waals surface area (Å²) in [6, 6.07) is 13.2. The average Bonchev–Trinajstić information content (AvgIpc) is 3.12. The fraction of sp³-hybridized carbons (Fsp3) is 0.111. The summed E-state index contributed by atoms with van der Waals surface area (Å²) in [5.74, 6) is 1.45. The Hall–Kier alpha value is -2.50. The lowest BCUT2D eigenvalue weighted by Gasteiger charge is -2.25. The number of allylic oxidation sites excluding steroid dienone is 1. The zero-order valence-electron chi connectivity index (χ0n) is 13.3. The predicted molar refractivity (Wildman–Crippen MR) is 99.2 cm³/mol. The number of hydrogen-bond donors (Lipinski definition) is 1. The number of nitrogens with zero attached hydrogens (tertiary/aromatic N) is 3. The molecule has 0 fully saturated rings. The molecule has 1 aromatic heterocycles. The number of ether oxygens (including phenoxy) is 1. The highest BCUT2D eigenvalue weighted by atomic mass is 35.5. The second kappa shape index (κ2) is 6.43. The van der Waals surface area contributed by atoms with Gasteiger partial charge in [0.1, 0.15) is 18.1 Å². The van der Waals surface area contributed by atoms with E-state index < -0.39 is 0 Å². The normalized spacial score (nSPS) is 16.0. The molecule has 0 unspecified atom stereocenters. The molecular formula is C18H14Cl2N4O. The van der Waals surface area contributed by atoms with Gasteiger partial charge in [-0.05, 0) is 42.0 Å². The highest BCUT2D eigenvalue weighted by Crippen LogP contribution is 2.37. The third-order valence-corrected chi connectivity index (χ3v) is 4.94. The van der Waals surface area contributed by atoms with Gasteiger partial charge in [-0.3, -0.25) is 0 Å². The molecule has 0 bridgehead atoms. The van der Waals surface area contributed by atoms with Crippen molar-refractivity contribution in [3.05, 3.63) is 76.0 Å². The van der Waals surface area contributed by atoms with Gasteiger partial charge < -0.3 is 10.1 Å². The quantitative estimate of drug-likeness (QED) is 0.726. The molecule has 0 saturated heterocycles. The van der Waals surface area contributed by atoms with E-state index in [-0.39, 0.29) is 6.04 Å². The molecule has 25 heavy (non-hydrogen) atoms. The minimum atomic E-state index is -0.206. The van der Waals surface area contributed by atoms with Gasteiger partial charge in [-0.25, -0.2) is 4.68 Å². The Balaban J connectivity index is 1.81. The Morgan fingerprint density at radius 3 is 2.68 bits per heavy atom. The third-order valence-electron chi connectivity index (χ3n) is 4.11. The second-order valence-electron chi connectivity index (χ2n) is 5.55. The van der Waals surface area contributed by atoms with Gasteiger partial charge >= 0.3 is 0 Å². The van der Waals surface area contributed by atoms with Crippen molar-refractivity contribution in [2.75, 3.05) is 12.4 Å². The van der Waals surface area contributed by atoms with E-state index in [1.165, 1.54) is 6.33 Å². The van der Waals surface area contributed by atoms with Crippen LogP contribution in [-0.2, 0) is 0 Å². The first kappa shape index (κ1) is 16.0. The molecule has 0 saturated carbocycles. The SMILES string of the molecule is COc1ccc(C2=C[C@H](c3cccc(Cl)c3Cl)n3ncnc3N2)cc1. The maximum atomic E-state index is 6.43. The van der Waals surface area contributed by atoms with Crippen LogP contribution in [0.2, 0.25) is 10.0 Å². The summed E-state index contributed by atoms with van der Waals surface area (Å²) < 4.78 is 7.00. The Morgan fingerprint density at radius 1 is 1.12 bits per heavy atom. The lowest BCUT2D eigenvalue weighted by Crippen LogP contribution is -2.20. The van der Waals surface area contributed by atoms with Crippen LogP contribution in [0.4, 0.5) is 5.95 Å². The van der Waals surface area contributed by atoms with Crippen LogP contribution in [-0.4, -0.2) is 21.9 Å². The molecule has 7 heteroatoms. The van der Waals surface area contributed by atoms with E-state index in [9.17, 15) is 0 Å². The van der Waals surface area contributed by atoms with Crippen LogP contribution >= 0.6 is 23.2 Å². The fourth-order valence-electron chi connectivity index (χ4n) is 2.84. The lowest BCUT2D eigenvalue weighted by atomic mass is 10.0. The number of aromatic nitrogens is 3. The molecule has 5 nitrogen and oxygen atoms in total. The van der Waals surface area contributed by atoms with E-state index in [1.807, 2.05) is 36.4 Å². The molecule has 3 aromatic rings. The number of nitrogens with one attached hydrogen (secondary N) is 1. The number of anilines is 1. The van der Waals surface area contributed by atoms with E-state index in [4.69, 9.17) is 27.9 Å². The van der Waals surface area contributed by atoms with Crippen LogP contribution in [0, 0.1) is 0 Å². The van der Waals surface area contributed by atoms with Crippen LogP contribution in [0.3, 0.4) is 0 Å². The summed E-state index contributed by atoms with van der Waals surface area (Å²) in [5, 5.41) is 8.64. The van der Waals surface area contributed by atoms with Crippen LogP contribution < -0.4 is 10.1 Å². The molecule has 2 aromatic carbocycles. The van der Waals surface area contributed by atoms with E-state index in [2.05, 4.69) is 21.5 Å². The standard InChI is InChI=1S/C18H14Cl2N4O/c1-25-12-7-5-11(6-8-12)15-9-16(24-18(23-15)21-10-22-24)13-3-2-4-14(19)17(13)20/h2-10,16H,1H3,(H,21,22,23)/t16-/m1/s1. The molecule has 1 aliphatic heterocycles.